The van der Waals surface area contributed by atoms with Gasteiger partial charge in [0.2, 0.25) is 0 Å². The summed E-state index contributed by atoms with van der Waals surface area (Å²) in [6.07, 6.45) is -3.08. The lowest BCUT2D eigenvalue weighted by Gasteiger charge is -2.36. The van der Waals surface area contributed by atoms with Crippen molar-refractivity contribution >= 4 is 0 Å². The van der Waals surface area contributed by atoms with E-state index in [-0.39, 0.29) is 6.61 Å². The maximum Gasteiger partial charge on any atom is 0.185 e. The molecule has 0 aromatic heterocycles. The highest BCUT2D eigenvalue weighted by molar-refractivity contribution is 4.83. The Morgan fingerprint density at radius 1 is 1.25 bits per heavy atom. The molecule has 12 heavy (non-hydrogen) atoms. The average molecular weight is 178 g/mol. The van der Waals surface area contributed by atoms with Gasteiger partial charge >= 0.3 is 0 Å². The van der Waals surface area contributed by atoms with E-state index in [1.807, 2.05) is 0 Å². The molecule has 0 amide bonds. The molecule has 0 aromatic rings. The fourth-order valence-electron chi connectivity index (χ4n) is 1.27. The predicted octanol–water partition coefficient (Wildman–Crippen LogP) is -1.27. The monoisotopic (exact) mass is 178 g/mol. The Bertz CT molecular complexity index is 140. The summed E-state index contributed by atoms with van der Waals surface area (Å²) in [6.45, 7) is 0.119. The molecule has 2 N–H and O–H groups in total. The van der Waals surface area contributed by atoms with Gasteiger partial charge in [-0.25, -0.2) is 0 Å². The summed E-state index contributed by atoms with van der Waals surface area (Å²) in [5.74, 6) is 0. The molecule has 1 rings (SSSR count). The van der Waals surface area contributed by atoms with Crippen molar-refractivity contribution < 1.29 is 24.4 Å². The Morgan fingerprint density at radius 2 is 1.92 bits per heavy atom. The van der Waals surface area contributed by atoms with Crippen molar-refractivity contribution in [1.82, 2.24) is 0 Å². The van der Waals surface area contributed by atoms with Crippen LogP contribution in [0.5, 0.6) is 0 Å². The smallest absolute Gasteiger partial charge is 0.185 e. The first kappa shape index (κ1) is 9.88. The molecule has 1 fully saturated rings. The maximum absolute atomic E-state index is 9.46. The summed E-state index contributed by atoms with van der Waals surface area (Å²) in [5, 5.41) is 18.8. The predicted molar refractivity (Wildman–Crippen MR) is 39.6 cm³/mol. The molecule has 5 nitrogen and oxygen atoms in total. The van der Waals surface area contributed by atoms with Crippen molar-refractivity contribution in [2.45, 2.75) is 24.6 Å². The van der Waals surface area contributed by atoms with Crippen LogP contribution in [0.25, 0.3) is 0 Å². The first-order valence-electron chi connectivity index (χ1n) is 3.74. The molecule has 0 aromatic carbocycles. The highest BCUT2D eigenvalue weighted by atomic mass is 16.7. The number of methoxy groups -OCH3 is 2. The molecule has 4 atom stereocenters. The number of rotatable bonds is 2. The van der Waals surface area contributed by atoms with Gasteiger partial charge in [0.05, 0.1) is 6.61 Å². The van der Waals surface area contributed by atoms with E-state index in [0.29, 0.717) is 0 Å². The lowest BCUT2D eigenvalue weighted by molar-refractivity contribution is -0.266. The van der Waals surface area contributed by atoms with E-state index in [4.69, 9.17) is 14.2 Å². The molecular weight excluding hydrogens is 164 g/mol. The number of hydrogen-bond acceptors (Lipinski definition) is 5. The van der Waals surface area contributed by atoms with Gasteiger partial charge in [-0.05, 0) is 0 Å². The molecule has 0 aliphatic carbocycles. The van der Waals surface area contributed by atoms with E-state index < -0.39 is 24.6 Å². The highest BCUT2D eigenvalue weighted by Gasteiger charge is 2.38. The Balaban J connectivity index is 2.56. The van der Waals surface area contributed by atoms with E-state index in [1.54, 1.807) is 0 Å². The van der Waals surface area contributed by atoms with Gasteiger partial charge < -0.3 is 24.4 Å². The summed E-state index contributed by atoms with van der Waals surface area (Å²) in [5.41, 5.74) is 0. The Hall–Kier alpha value is -0.200. The first-order chi connectivity index (χ1) is 5.70. The Labute approximate surface area is 70.9 Å². The quantitative estimate of drug-likeness (QED) is 0.551. The lowest BCUT2D eigenvalue weighted by atomic mass is 10.1. The zero-order valence-corrected chi connectivity index (χ0v) is 7.14. The fraction of sp³-hybridized carbons (Fsp3) is 1.00. The molecule has 0 bridgehead atoms. The van der Waals surface area contributed by atoms with Crippen LogP contribution in [0, 0.1) is 0 Å². The molecule has 72 valence electrons. The zero-order valence-electron chi connectivity index (χ0n) is 7.14. The summed E-state index contributed by atoms with van der Waals surface area (Å²) < 4.78 is 14.7. The van der Waals surface area contributed by atoms with Crippen LogP contribution in [-0.2, 0) is 14.2 Å². The molecule has 1 heterocycles. The molecule has 0 spiro atoms. The highest BCUT2D eigenvalue weighted by Crippen LogP contribution is 2.17. The summed E-state index contributed by atoms with van der Waals surface area (Å²) in [6, 6.07) is 0. The summed E-state index contributed by atoms with van der Waals surface area (Å²) in [7, 11) is 2.85. The zero-order chi connectivity index (χ0) is 9.14. The van der Waals surface area contributed by atoms with Gasteiger partial charge in [-0.2, -0.15) is 0 Å². The number of aliphatic hydroxyl groups is 2. The van der Waals surface area contributed by atoms with Crippen LogP contribution in [0.4, 0.5) is 0 Å². The number of aliphatic hydroxyl groups excluding tert-OH is 2. The van der Waals surface area contributed by atoms with Crippen LogP contribution in [0.1, 0.15) is 0 Å². The van der Waals surface area contributed by atoms with Gasteiger partial charge in [0.1, 0.15) is 18.3 Å². The van der Waals surface area contributed by atoms with Crippen molar-refractivity contribution in [1.29, 1.82) is 0 Å². The standard InChI is InChI=1S/C7H14O5/c1-10-6-4(8)3-12-7(11-2)5(6)9/h4-9H,3H2,1-2H3/t4-,5+,6-,7?/m1/s1. The van der Waals surface area contributed by atoms with Crippen molar-refractivity contribution in [2.24, 2.45) is 0 Å². The van der Waals surface area contributed by atoms with Crippen molar-refractivity contribution in [2.75, 3.05) is 20.8 Å². The number of hydrogen-bond donors (Lipinski definition) is 2. The molecular formula is C7H14O5. The van der Waals surface area contributed by atoms with Crippen molar-refractivity contribution in [3.05, 3.63) is 0 Å². The summed E-state index contributed by atoms with van der Waals surface area (Å²) in [4.78, 5) is 0. The van der Waals surface area contributed by atoms with Crippen molar-refractivity contribution in [3.63, 3.8) is 0 Å². The van der Waals surface area contributed by atoms with E-state index in [0.717, 1.165) is 0 Å². The molecule has 1 saturated heterocycles. The van der Waals surface area contributed by atoms with Gasteiger partial charge in [0.15, 0.2) is 6.29 Å². The van der Waals surface area contributed by atoms with Crippen LogP contribution in [-0.4, -0.2) is 55.6 Å². The molecule has 1 aliphatic heterocycles. The second-order valence-corrected chi connectivity index (χ2v) is 2.70. The minimum Gasteiger partial charge on any atom is -0.388 e. The molecule has 1 aliphatic rings. The second kappa shape index (κ2) is 4.15. The van der Waals surface area contributed by atoms with Crippen LogP contribution < -0.4 is 0 Å². The molecule has 0 saturated carbocycles. The normalized spacial score (nSPS) is 43.0. The topological polar surface area (TPSA) is 68.2 Å². The third-order valence-corrected chi connectivity index (χ3v) is 1.93. The van der Waals surface area contributed by atoms with Crippen LogP contribution in [0.2, 0.25) is 0 Å². The largest absolute Gasteiger partial charge is 0.388 e. The van der Waals surface area contributed by atoms with Gasteiger partial charge in [0, 0.05) is 14.2 Å². The number of ether oxygens (including phenoxy) is 3. The summed E-state index contributed by atoms with van der Waals surface area (Å²) >= 11 is 0. The van der Waals surface area contributed by atoms with Gasteiger partial charge in [0.25, 0.3) is 0 Å². The van der Waals surface area contributed by atoms with Gasteiger partial charge in [-0.1, -0.05) is 0 Å². The van der Waals surface area contributed by atoms with E-state index in [2.05, 4.69) is 0 Å². The Morgan fingerprint density at radius 3 is 2.42 bits per heavy atom. The van der Waals surface area contributed by atoms with E-state index in [9.17, 15) is 10.2 Å². The average Bonchev–Trinajstić information content (AvgIpc) is 2.06. The molecule has 0 radical (unpaired) electrons. The maximum atomic E-state index is 9.46. The SMILES string of the molecule is COC1OC[C@@H](O)[C@@H](OC)[C@@H]1O. The second-order valence-electron chi connectivity index (χ2n) is 2.70. The third-order valence-electron chi connectivity index (χ3n) is 1.93. The minimum absolute atomic E-state index is 0.119. The minimum atomic E-state index is -0.941. The van der Waals surface area contributed by atoms with E-state index in [1.165, 1.54) is 14.2 Å². The third kappa shape index (κ3) is 1.75. The van der Waals surface area contributed by atoms with Crippen molar-refractivity contribution in [3.8, 4) is 0 Å². The Kier molecular flexibility index (Phi) is 3.42. The fourth-order valence-corrected chi connectivity index (χ4v) is 1.27. The lowest BCUT2D eigenvalue weighted by Crippen LogP contribution is -2.54. The molecule has 1 unspecified atom stereocenters. The molecule has 5 heteroatoms. The van der Waals surface area contributed by atoms with Crippen LogP contribution >= 0.6 is 0 Å². The first-order valence-corrected chi connectivity index (χ1v) is 3.74. The van der Waals surface area contributed by atoms with Crippen LogP contribution in [0.3, 0.4) is 0 Å². The van der Waals surface area contributed by atoms with Gasteiger partial charge in [-0.3, -0.25) is 0 Å². The van der Waals surface area contributed by atoms with Crippen LogP contribution in [0.15, 0.2) is 0 Å². The van der Waals surface area contributed by atoms with Gasteiger partial charge in [-0.15, -0.1) is 0 Å². The van der Waals surface area contributed by atoms with E-state index >= 15 is 0 Å².